The number of alkyl halides is 1. The van der Waals surface area contributed by atoms with Crippen molar-refractivity contribution in [3.05, 3.63) is 0 Å². The number of carbonyl (C=O) groups excluding carboxylic acids is 2. The normalized spacial score (nSPS) is 38.1. The van der Waals surface area contributed by atoms with Gasteiger partial charge in [-0.25, -0.2) is 0 Å². The highest BCUT2D eigenvalue weighted by Crippen LogP contribution is 2.36. The second-order valence-electron chi connectivity index (χ2n) is 13.1. The van der Waals surface area contributed by atoms with Gasteiger partial charge in [0.15, 0.2) is 0 Å². The van der Waals surface area contributed by atoms with Gasteiger partial charge in [-0.2, -0.15) is 5.26 Å². The molecular weight excluding hydrogens is 570 g/mol. The number of amides is 2. The molecule has 2 saturated heterocycles. The number of halogens is 1. The number of nitrogens with one attached hydrogen (secondary N) is 5. The number of nitriles is 1. The third-order valence-corrected chi connectivity index (χ3v) is 10.4. The summed E-state index contributed by atoms with van der Waals surface area (Å²) in [6, 6.07) is 2.34. The van der Waals surface area contributed by atoms with Crippen LogP contribution in [0.2, 0.25) is 0 Å². The van der Waals surface area contributed by atoms with Crippen LogP contribution in [0.3, 0.4) is 0 Å². The fraction of sp³-hybridized carbons (Fsp3) is 0.903. The molecule has 12 heteroatoms. The Balaban J connectivity index is 1.36. The fourth-order valence-electron chi connectivity index (χ4n) is 7.63. The van der Waals surface area contributed by atoms with Crippen LogP contribution in [-0.2, 0) is 19.1 Å². The Morgan fingerprint density at radius 1 is 1.07 bits per heavy atom. The van der Waals surface area contributed by atoms with Crippen molar-refractivity contribution in [3.63, 3.8) is 0 Å². The zero-order valence-corrected chi connectivity index (χ0v) is 27.2. The largest absolute Gasteiger partial charge is 0.379 e. The van der Waals surface area contributed by atoms with E-state index in [2.05, 4.69) is 37.6 Å². The first-order valence-electron chi connectivity index (χ1n) is 16.4. The molecule has 2 aliphatic heterocycles. The summed E-state index contributed by atoms with van der Waals surface area (Å²) in [5, 5.41) is 27.2. The highest BCUT2D eigenvalue weighted by Gasteiger charge is 2.47. The lowest BCUT2D eigenvalue weighted by molar-refractivity contribution is -0.128. The molecule has 244 valence electrons. The van der Waals surface area contributed by atoms with E-state index in [1.165, 1.54) is 0 Å². The Hall–Kier alpha value is -1.52. The van der Waals surface area contributed by atoms with Crippen LogP contribution in [0.4, 0.5) is 0 Å². The van der Waals surface area contributed by atoms with Gasteiger partial charge in [0, 0.05) is 50.8 Å². The molecule has 2 amide bonds. The average Bonchev–Trinajstić information content (AvgIpc) is 2.99. The van der Waals surface area contributed by atoms with Gasteiger partial charge in [0.1, 0.15) is 6.04 Å². The lowest BCUT2D eigenvalue weighted by Gasteiger charge is -2.50. The first-order chi connectivity index (χ1) is 20.7. The third-order valence-electron chi connectivity index (χ3n) is 9.89. The Morgan fingerprint density at radius 3 is 2.58 bits per heavy atom. The van der Waals surface area contributed by atoms with E-state index in [0.717, 1.165) is 58.0 Å². The molecule has 0 bridgehead atoms. The summed E-state index contributed by atoms with van der Waals surface area (Å²) in [4.78, 5) is 28.0. The van der Waals surface area contributed by atoms with Gasteiger partial charge in [0.25, 0.3) is 0 Å². The maximum atomic E-state index is 13.1. The van der Waals surface area contributed by atoms with E-state index in [1.54, 1.807) is 7.11 Å². The summed E-state index contributed by atoms with van der Waals surface area (Å²) in [5.74, 6) is 0.0125. The van der Waals surface area contributed by atoms with E-state index in [4.69, 9.17) is 21.1 Å². The third kappa shape index (κ3) is 9.25. The van der Waals surface area contributed by atoms with Gasteiger partial charge in [-0.1, -0.05) is 0 Å². The van der Waals surface area contributed by atoms with E-state index >= 15 is 0 Å². The topological polar surface area (TPSA) is 140 Å². The second kappa shape index (κ2) is 16.7. The van der Waals surface area contributed by atoms with Crippen LogP contribution in [0.25, 0.3) is 0 Å². The number of ether oxygens (including phenoxy) is 2. The van der Waals surface area contributed by atoms with Crippen LogP contribution in [0.5, 0.6) is 0 Å². The quantitative estimate of drug-likeness (QED) is 0.202. The maximum absolute atomic E-state index is 13.1. The van der Waals surface area contributed by atoms with Crippen molar-refractivity contribution in [1.82, 2.24) is 31.5 Å². The number of methoxy groups -OCH3 is 1. The summed E-state index contributed by atoms with van der Waals surface area (Å²) in [6.07, 6.45) is 6.89. The molecule has 0 aromatic heterocycles. The zero-order chi connectivity index (χ0) is 30.9. The standard InChI is InChI=1S/C31H54ClN7O4/c1-5-43-27-16-24-21(15-25(27)37-28(40)9-7-13-39(2)3)29(19(17-33)18-35-24)36-20-10-11-23(22(32)14-20)38-31(41)30-26(42-4)8-6-12-34-30/h19-27,29-30,34-36H,5-16,18H2,1-4H3,(H,37,40)(H,38,41). The smallest absolute Gasteiger partial charge is 0.240 e. The number of nitrogens with zero attached hydrogens (tertiary/aromatic N) is 2. The summed E-state index contributed by atoms with van der Waals surface area (Å²) < 4.78 is 11.7. The highest BCUT2D eigenvalue weighted by atomic mass is 35.5. The molecule has 2 saturated carbocycles. The van der Waals surface area contributed by atoms with Crippen molar-refractivity contribution in [3.8, 4) is 6.07 Å². The molecule has 43 heavy (non-hydrogen) atoms. The lowest BCUT2D eigenvalue weighted by Crippen LogP contribution is -2.66. The van der Waals surface area contributed by atoms with Gasteiger partial charge in [0.2, 0.25) is 11.8 Å². The number of carbonyl (C=O) groups is 2. The maximum Gasteiger partial charge on any atom is 0.240 e. The van der Waals surface area contributed by atoms with Crippen LogP contribution in [0, 0.1) is 23.2 Å². The number of fused-ring (bicyclic) bond motifs is 1. The van der Waals surface area contributed by atoms with Crippen molar-refractivity contribution >= 4 is 23.4 Å². The number of rotatable bonds is 12. The van der Waals surface area contributed by atoms with Gasteiger partial charge in [-0.05, 0) is 91.4 Å². The van der Waals surface area contributed by atoms with Gasteiger partial charge in [-0.15, -0.1) is 11.6 Å². The monoisotopic (exact) mass is 623 g/mol. The Labute approximate surface area is 262 Å². The number of hydrogen-bond donors (Lipinski definition) is 5. The molecular formula is C31H54ClN7O4. The summed E-state index contributed by atoms with van der Waals surface area (Å²) in [7, 11) is 5.69. The predicted molar refractivity (Wildman–Crippen MR) is 167 cm³/mol. The molecule has 0 aromatic carbocycles. The minimum absolute atomic E-state index is 0.0131. The first-order valence-corrected chi connectivity index (χ1v) is 16.8. The Morgan fingerprint density at radius 2 is 1.88 bits per heavy atom. The van der Waals surface area contributed by atoms with Crippen molar-refractivity contribution in [2.24, 2.45) is 11.8 Å². The van der Waals surface area contributed by atoms with Gasteiger partial charge in [-0.3, -0.25) is 9.59 Å². The fourth-order valence-corrected chi connectivity index (χ4v) is 8.04. The van der Waals surface area contributed by atoms with E-state index in [9.17, 15) is 14.9 Å². The molecule has 5 N–H and O–H groups in total. The van der Waals surface area contributed by atoms with E-state index < -0.39 is 0 Å². The van der Waals surface area contributed by atoms with E-state index in [-0.39, 0.29) is 77.5 Å². The summed E-state index contributed by atoms with van der Waals surface area (Å²) >= 11 is 6.90. The van der Waals surface area contributed by atoms with Gasteiger partial charge >= 0.3 is 0 Å². The average molecular weight is 624 g/mol. The molecule has 11 atom stereocenters. The minimum atomic E-state index is -0.352. The van der Waals surface area contributed by atoms with Crippen LogP contribution in [-0.4, -0.2) is 118 Å². The number of hydrogen-bond acceptors (Lipinski definition) is 9. The Bertz CT molecular complexity index is 952. The molecule has 4 aliphatic rings. The van der Waals surface area contributed by atoms with Crippen molar-refractivity contribution in [2.75, 3.05) is 47.4 Å². The summed E-state index contributed by atoms with van der Waals surface area (Å²) in [5.41, 5.74) is 0. The van der Waals surface area contributed by atoms with Crippen LogP contribution < -0.4 is 26.6 Å². The number of piperidine rings is 2. The lowest BCUT2D eigenvalue weighted by atomic mass is 9.69. The van der Waals surface area contributed by atoms with Crippen LogP contribution in [0.15, 0.2) is 0 Å². The molecule has 2 heterocycles. The zero-order valence-electron chi connectivity index (χ0n) is 26.4. The molecule has 11 unspecified atom stereocenters. The SMILES string of the molecule is CCOC1CC2NCC(C#N)C(NC3CCC(NC(=O)C4NCCCC4OC)C(Cl)C3)C2CC1NC(=O)CCCN(C)C. The van der Waals surface area contributed by atoms with Crippen LogP contribution in [0.1, 0.15) is 64.7 Å². The first kappa shape index (κ1) is 34.4. The molecule has 2 aliphatic carbocycles. The predicted octanol–water partition coefficient (Wildman–Crippen LogP) is 1.11. The van der Waals surface area contributed by atoms with Crippen molar-refractivity contribution in [2.45, 2.75) is 119 Å². The van der Waals surface area contributed by atoms with Crippen LogP contribution >= 0.6 is 11.6 Å². The minimum Gasteiger partial charge on any atom is -0.379 e. The Kier molecular flexibility index (Phi) is 13.3. The van der Waals surface area contributed by atoms with E-state index in [0.29, 0.717) is 26.0 Å². The van der Waals surface area contributed by atoms with Crippen molar-refractivity contribution in [1.29, 1.82) is 5.26 Å². The summed E-state index contributed by atoms with van der Waals surface area (Å²) in [6.45, 7) is 4.90. The second-order valence-corrected chi connectivity index (χ2v) is 13.7. The van der Waals surface area contributed by atoms with Crippen molar-refractivity contribution < 1.29 is 19.1 Å². The molecule has 11 nitrogen and oxygen atoms in total. The molecule has 0 spiro atoms. The highest BCUT2D eigenvalue weighted by molar-refractivity contribution is 6.21. The molecule has 0 aromatic rings. The molecule has 4 fully saturated rings. The molecule has 0 radical (unpaired) electrons. The molecule has 4 rings (SSSR count). The van der Waals surface area contributed by atoms with Gasteiger partial charge < -0.3 is 41.0 Å². The van der Waals surface area contributed by atoms with Gasteiger partial charge in [0.05, 0.1) is 35.6 Å². The van der Waals surface area contributed by atoms with E-state index in [1.807, 2.05) is 21.0 Å².